The van der Waals surface area contributed by atoms with E-state index in [4.69, 9.17) is 4.74 Å². The summed E-state index contributed by atoms with van der Waals surface area (Å²) in [6.07, 6.45) is -4.54. The van der Waals surface area contributed by atoms with E-state index in [0.717, 1.165) is 18.2 Å². The molecule has 9 heteroatoms. The van der Waals surface area contributed by atoms with Crippen LogP contribution in [0.1, 0.15) is 17.1 Å². The van der Waals surface area contributed by atoms with Crippen LogP contribution in [0.25, 0.3) is 0 Å². The van der Waals surface area contributed by atoms with Crippen molar-refractivity contribution in [1.29, 1.82) is 0 Å². The number of benzene rings is 1. The Labute approximate surface area is 122 Å². The topological polar surface area (TPSA) is 78.2 Å². The Bertz CT molecular complexity index is 732. The first-order valence-corrected chi connectivity index (χ1v) is 6.03. The molecule has 0 atom stereocenters. The third-order valence-corrected chi connectivity index (χ3v) is 2.70. The SMILES string of the molecule is Cc1nc(C)c([N+](=O)[O-])c(Oc2cccc(C(F)(F)F)c2)n1. The number of nitrogens with zero attached hydrogens (tertiary/aromatic N) is 3. The van der Waals surface area contributed by atoms with Gasteiger partial charge in [-0.3, -0.25) is 10.1 Å². The summed E-state index contributed by atoms with van der Waals surface area (Å²) in [7, 11) is 0. The van der Waals surface area contributed by atoms with Crippen molar-refractivity contribution < 1.29 is 22.8 Å². The lowest BCUT2D eigenvalue weighted by Gasteiger charge is -2.10. The van der Waals surface area contributed by atoms with E-state index in [1.165, 1.54) is 19.9 Å². The first kappa shape index (κ1) is 15.7. The van der Waals surface area contributed by atoms with Crippen molar-refractivity contribution in [3.8, 4) is 11.6 Å². The van der Waals surface area contributed by atoms with Crippen LogP contribution < -0.4 is 4.74 Å². The Morgan fingerprint density at radius 3 is 2.50 bits per heavy atom. The average Bonchev–Trinajstić information content (AvgIpc) is 2.36. The molecule has 0 saturated carbocycles. The third-order valence-electron chi connectivity index (χ3n) is 2.70. The molecule has 0 N–H and O–H groups in total. The Hall–Kier alpha value is -2.71. The highest BCUT2D eigenvalue weighted by atomic mass is 19.4. The Balaban J connectivity index is 2.45. The van der Waals surface area contributed by atoms with E-state index in [1.54, 1.807) is 0 Å². The molecule has 1 heterocycles. The predicted molar refractivity (Wildman–Crippen MR) is 69.7 cm³/mol. The van der Waals surface area contributed by atoms with Crippen LogP contribution in [0.4, 0.5) is 18.9 Å². The zero-order chi connectivity index (χ0) is 16.5. The number of halogens is 3. The van der Waals surface area contributed by atoms with Crippen molar-refractivity contribution in [3.63, 3.8) is 0 Å². The lowest BCUT2D eigenvalue weighted by atomic mass is 10.2. The third kappa shape index (κ3) is 3.30. The maximum absolute atomic E-state index is 12.7. The van der Waals surface area contributed by atoms with Crippen LogP contribution in [0, 0.1) is 24.0 Å². The first-order chi connectivity index (χ1) is 10.2. The van der Waals surface area contributed by atoms with Crippen LogP contribution in [-0.2, 0) is 6.18 Å². The molecule has 0 aliphatic heterocycles. The molecular weight excluding hydrogens is 303 g/mol. The van der Waals surface area contributed by atoms with Crippen molar-refractivity contribution >= 4 is 5.69 Å². The van der Waals surface area contributed by atoms with Gasteiger partial charge in [-0.1, -0.05) is 6.07 Å². The van der Waals surface area contributed by atoms with Crippen molar-refractivity contribution in [2.75, 3.05) is 0 Å². The molecule has 1 aromatic heterocycles. The van der Waals surface area contributed by atoms with Crippen molar-refractivity contribution in [3.05, 3.63) is 51.5 Å². The number of rotatable bonds is 3. The molecule has 1 aromatic carbocycles. The van der Waals surface area contributed by atoms with Crippen LogP contribution >= 0.6 is 0 Å². The molecule has 6 nitrogen and oxygen atoms in total. The Morgan fingerprint density at radius 2 is 1.91 bits per heavy atom. The maximum atomic E-state index is 12.7. The van der Waals surface area contributed by atoms with E-state index in [1.807, 2.05) is 0 Å². The second-order valence-electron chi connectivity index (χ2n) is 4.39. The zero-order valence-corrected chi connectivity index (χ0v) is 11.5. The second-order valence-corrected chi connectivity index (χ2v) is 4.39. The molecule has 0 bridgehead atoms. The summed E-state index contributed by atoms with van der Waals surface area (Å²) in [5.41, 5.74) is -1.34. The normalized spacial score (nSPS) is 11.3. The number of alkyl halides is 3. The molecule has 2 aromatic rings. The number of aromatic nitrogens is 2. The van der Waals surface area contributed by atoms with Gasteiger partial charge in [0.25, 0.3) is 0 Å². The highest BCUT2D eigenvalue weighted by Crippen LogP contribution is 2.35. The van der Waals surface area contributed by atoms with Gasteiger partial charge in [0.05, 0.1) is 10.5 Å². The van der Waals surface area contributed by atoms with Gasteiger partial charge in [-0.2, -0.15) is 18.2 Å². The van der Waals surface area contributed by atoms with Gasteiger partial charge < -0.3 is 4.74 Å². The fourth-order valence-electron chi connectivity index (χ4n) is 1.80. The van der Waals surface area contributed by atoms with E-state index in [0.29, 0.717) is 0 Å². The summed E-state index contributed by atoms with van der Waals surface area (Å²) in [6, 6.07) is 4.02. The fraction of sp³-hybridized carbons (Fsp3) is 0.231. The highest BCUT2D eigenvalue weighted by Gasteiger charge is 2.31. The monoisotopic (exact) mass is 313 g/mol. The van der Waals surface area contributed by atoms with Crippen LogP contribution in [-0.4, -0.2) is 14.9 Å². The zero-order valence-electron chi connectivity index (χ0n) is 11.5. The van der Waals surface area contributed by atoms with Crippen molar-refractivity contribution in [1.82, 2.24) is 9.97 Å². The standard InChI is InChI=1S/C13H10F3N3O3/c1-7-11(19(20)21)12(18-8(2)17-7)22-10-5-3-4-9(6-10)13(14,15)16/h3-6H,1-2H3. The van der Waals surface area contributed by atoms with Gasteiger partial charge in [0.2, 0.25) is 0 Å². The van der Waals surface area contributed by atoms with Crippen molar-refractivity contribution in [2.24, 2.45) is 0 Å². The summed E-state index contributed by atoms with van der Waals surface area (Å²) in [6.45, 7) is 2.89. The quantitative estimate of drug-likeness (QED) is 0.636. The number of nitro groups is 1. The van der Waals surface area contributed by atoms with Gasteiger partial charge >= 0.3 is 17.7 Å². The van der Waals surface area contributed by atoms with Gasteiger partial charge in [0.15, 0.2) is 0 Å². The number of hydrogen-bond acceptors (Lipinski definition) is 5. The average molecular weight is 313 g/mol. The van der Waals surface area contributed by atoms with Crippen LogP contribution in [0.3, 0.4) is 0 Å². The minimum Gasteiger partial charge on any atom is -0.434 e. The predicted octanol–water partition coefficient (Wildman–Crippen LogP) is 3.81. The molecule has 22 heavy (non-hydrogen) atoms. The molecule has 0 aliphatic rings. The number of hydrogen-bond donors (Lipinski definition) is 0. The lowest BCUT2D eigenvalue weighted by Crippen LogP contribution is -2.06. The van der Waals surface area contributed by atoms with Gasteiger partial charge in [0, 0.05) is 0 Å². The van der Waals surface area contributed by atoms with Gasteiger partial charge in [-0.15, -0.1) is 0 Å². The molecule has 116 valence electrons. The van der Waals surface area contributed by atoms with Gasteiger partial charge in [0.1, 0.15) is 17.3 Å². The largest absolute Gasteiger partial charge is 0.434 e. The maximum Gasteiger partial charge on any atom is 0.416 e. The van der Waals surface area contributed by atoms with Crippen LogP contribution in [0.2, 0.25) is 0 Å². The van der Waals surface area contributed by atoms with E-state index in [-0.39, 0.29) is 17.3 Å². The molecule has 0 fully saturated rings. The summed E-state index contributed by atoms with van der Waals surface area (Å²) >= 11 is 0. The summed E-state index contributed by atoms with van der Waals surface area (Å²) in [5.74, 6) is -0.380. The van der Waals surface area contributed by atoms with Crippen LogP contribution in [0.15, 0.2) is 24.3 Å². The van der Waals surface area contributed by atoms with Gasteiger partial charge in [-0.05, 0) is 32.0 Å². The molecular formula is C13H10F3N3O3. The lowest BCUT2D eigenvalue weighted by molar-refractivity contribution is -0.386. The van der Waals surface area contributed by atoms with Crippen molar-refractivity contribution in [2.45, 2.75) is 20.0 Å². The van der Waals surface area contributed by atoms with Gasteiger partial charge in [-0.25, -0.2) is 4.98 Å². The van der Waals surface area contributed by atoms with E-state index in [2.05, 4.69) is 9.97 Å². The molecule has 0 unspecified atom stereocenters. The minimum absolute atomic E-state index is 0.0690. The molecule has 0 amide bonds. The summed E-state index contributed by atoms with van der Waals surface area (Å²) in [5, 5.41) is 11.0. The van der Waals surface area contributed by atoms with E-state index in [9.17, 15) is 23.3 Å². The van der Waals surface area contributed by atoms with E-state index >= 15 is 0 Å². The Kier molecular flexibility index (Phi) is 3.98. The fourth-order valence-corrected chi connectivity index (χ4v) is 1.80. The first-order valence-electron chi connectivity index (χ1n) is 6.03. The smallest absolute Gasteiger partial charge is 0.416 e. The highest BCUT2D eigenvalue weighted by molar-refractivity contribution is 5.47. The summed E-state index contributed by atoms with van der Waals surface area (Å²) in [4.78, 5) is 17.9. The van der Waals surface area contributed by atoms with Crippen LogP contribution in [0.5, 0.6) is 11.6 Å². The second kappa shape index (κ2) is 5.58. The minimum atomic E-state index is -4.54. The molecule has 0 saturated heterocycles. The molecule has 0 aliphatic carbocycles. The molecule has 0 spiro atoms. The molecule has 2 rings (SSSR count). The van der Waals surface area contributed by atoms with E-state index < -0.39 is 28.2 Å². The molecule has 0 radical (unpaired) electrons. The number of aryl methyl sites for hydroxylation is 2. The summed E-state index contributed by atoms with van der Waals surface area (Å²) < 4.78 is 43.1. The Morgan fingerprint density at radius 1 is 1.23 bits per heavy atom. The number of ether oxygens (including phenoxy) is 1.